The van der Waals surface area contributed by atoms with Crippen LogP contribution in [0.3, 0.4) is 0 Å². The zero-order chi connectivity index (χ0) is 17.1. The number of nitrogens with two attached hydrogens (primary N) is 1. The molecule has 0 bridgehead atoms. The molecule has 1 atom stereocenters. The fourth-order valence-electron chi connectivity index (χ4n) is 1.47. The Morgan fingerprint density at radius 2 is 1.77 bits per heavy atom. The van der Waals surface area contributed by atoms with Crippen LogP contribution >= 0.6 is 0 Å². The van der Waals surface area contributed by atoms with Gasteiger partial charge in [0.15, 0.2) is 17.5 Å². The van der Waals surface area contributed by atoms with E-state index in [1.165, 1.54) is 0 Å². The summed E-state index contributed by atoms with van der Waals surface area (Å²) in [4.78, 5) is 22.9. The van der Waals surface area contributed by atoms with Crippen molar-refractivity contribution in [3.8, 4) is 0 Å². The lowest BCUT2D eigenvalue weighted by atomic mass is 10.1. The van der Waals surface area contributed by atoms with Crippen LogP contribution in [0.5, 0.6) is 0 Å². The molecule has 0 amide bonds. The summed E-state index contributed by atoms with van der Waals surface area (Å²) in [6.45, 7) is 4.69. The molecule has 5 nitrogen and oxygen atoms in total. The largest absolute Gasteiger partial charge is 0.516 e. The minimum absolute atomic E-state index is 0.312. The van der Waals surface area contributed by atoms with Crippen molar-refractivity contribution in [2.75, 3.05) is 0 Å². The monoisotopic (exact) mass is 319 g/mol. The summed E-state index contributed by atoms with van der Waals surface area (Å²) in [6.07, 6.45) is -1.72. The molecule has 8 heteroatoms. The number of rotatable bonds is 3. The Hall–Kier alpha value is -2.09. The highest BCUT2D eigenvalue weighted by molar-refractivity contribution is 5.85. The molecular formula is C14H16F3NO4. The van der Waals surface area contributed by atoms with Gasteiger partial charge in [-0.2, -0.15) is 0 Å². The molecule has 1 aromatic carbocycles. The fourth-order valence-corrected chi connectivity index (χ4v) is 1.47. The summed E-state index contributed by atoms with van der Waals surface area (Å²) in [6, 6.07) is 0.223. The van der Waals surface area contributed by atoms with Crippen LogP contribution in [0.4, 0.5) is 18.0 Å². The third-order valence-corrected chi connectivity index (χ3v) is 2.43. The van der Waals surface area contributed by atoms with Crippen molar-refractivity contribution in [3.05, 3.63) is 35.1 Å². The zero-order valence-corrected chi connectivity index (χ0v) is 12.3. The first kappa shape index (κ1) is 18.0. The van der Waals surface area contributed by atoms with Gasteiger partial charge in [0.1, 0.15) is 11.6 Å². The van der Waals surface area contributed by atoms with Crippen molar-refractivity contribution in [1.82, 2.24) is 0 Å². The number of ether oxygens (including phenoxy) is 2. The predicted octanol–water partition coefficient (Wildman–Crippen LogP) is 2.45. The molecule has 0 saturated heterocycles. The van der Waals surface area contributed by atoms with Gasteiger partial charge in [0.25, 0.3) is 0 Å². The van der Waals surface area contributed by atoms with Crippen LogP contribution < -0.4 is 5.73 Å². The van der Waals surface area contributed by atoms with E-state index in [0.29, 0.717) is 6.07 Å². The third-order valence-electron chi connectivity index (χ3n) is 2.43. The van der Waals surface area contributed by atoms with Gasteiger partial charge in [0.05, 0.1) is 0 Å². The molecule has 1 aromatic rings. The number of carbonyl (C=O) groups is 2. The summed E-state index contributed by atoms with van der Waals surface area (Å²) in [5.41, 5.74) is 4.27. The molecule has 0 aliphatic rings. The molecule has 0 aliphatic carbocycles. The van der Waals surface area contributed by atoms with E-state index in [0.717, 1.165) is 6.07 Å². The molecule has 0 unspecified atom stereocenters. The van der Waals surface area contributed by atoms with Crippen LogP contribution in [0.2, 0.25) is 0 Å². The Bertz CT molecular complexity index is 584. The second-order valence-corrected chi connectivity index (χ2v) is 5.53. The van der Waals surface area contributed by atoms with Gasteiger partial charge in [0, 0.05) is 6.42 Å². The van der Waals surface area contributed by atoms with Gasteiger partial charge in [-0.3, -0.25) is 0 Å². The Balaban J connectivity index is 2.69. The first-order valence-electron chi connectivity index (χ1n) is 6.34. The average molecular weight is 319 g/mol. The van der Waals surface area contributed by atoms with E-state index in [9.17, 15) is 22.8 Å². The summed E-state index contributed by atoms with van der Waals surface area (Å²) in [5, 5.41) is 0. The maximum absolute atomic E-state index is 13.5. The summed E-state index contributed by atoms with van der Waals surface area (Å²) in [5.74, 6) is -5.63. The number of benzene rings is 1. The summed E-state index contributed by atoms with van der Waals surface area (Å²) in [7, 11) is 0. The molecule has 0 spiro atoms. The van der Waals surface area contributed by atoms with Crippen LogP contribution in [0.15, 0.2) is 12.1 Å². The van der Waals surface area contributed by atoms with Crippen molar-refractivity contribution in [2.24, 2.45) is 5.73 Å². The highest BCUT2D eigenvalue weighted by Crippen LogP contribution is 2.17. The van der Waals surface area contributed by atoms with Gasteiger partial charge in [-0.25, -0.2) is 22.8 Å². The molecule has 22 heavy (non-hydrogen) atoms. The van der Waals surface area contributed by atoms with E-state index in [2.05, 4.69) is 4.74 Å². The molecule has 0 saturated carbocycles. The molecule has 0 aromatic heterocycles. The predicted molar refractivity (Wildman–Crippen MR) is 70.3 cm³/mol. The minimum Gasteiger partial charge on any atom is -0.428 e. The molecule has 1 rings (SSSR count). The molecule has 0 aliphatic heterocycles. The van der Waals surface area contributed by atoms with Crippen molar-refractivity contribution in [3.63, 3.8) is 0 Å². The third kappa shape index (κ3) is 5.03. The first-order chi connectivity index (χ1) is 10.0. The van der Waals surface area contributed by atoms with Crippen molar-refractivity contribution < 1.29 is 32.2 Å². The molecule has 2 N–H and O–H groups in total. The van der Waals surface area contributed by atoms with Gasteiger partial charge in [-0.15, -0.1) is 0 Å². The molecule has 122 valence electrons. The maximum Gasteiger partial charge on any atom is 0.516 e. The van der Waals surface area contributed by atoms with Gasteiger partial charge < -0.3 is 15.2 Å². The number of halogens is 3. The molecular weight excluding hydrogens is 303 g/mol. The van der Waals surface area contributed by atoms with Crippen LogP contribution in [0.1, 0.15) is 26.3 Å². The lowest BCUT2D eigenvalue weighted by molar-refractivity contribution is -0.142. The van der Waals surface area contributed by atoms with E-state index >= 15 is 0 Å². The number of carbonyl (C=O) groups excluding carboxylic acids is 2. The van der Waals surface area contributed by atoms with Crippen molar-refractivity contribution in [1.29, 1.82) is 0 Å². The van der Waals surface area contributed by atoms with Crippen molar-refractivity contribution >= 4 is 12.1 Å². The van der Waals surface area contributed by atoms with Gasteiger partial charge in [-0.05, 0) is 32.4 Å². The van der Waals surface area contributed by atoms with Crippen LogP contribution in [-0.4, -0.2) is 23.8 Å². The minimum atomic E-state index is -1.66. The standard InChI is InChI=1S/C14H16F3NO4/c1-14(2,3)22-13(20)21-12(19)9(18)6-7-4-5-8(15)11(17)10(7)16/h4-5,9H,6,18H2,1-3H3/t9-/m0/s1. The van der Waals surface area contributed by atoms with E-state index in [1.54, 1.807) is 20.8 Å². The highest BCUT2D eigenvalue weighted by Gasteiger charge is 2.25. The van der Waals surface area contributed by atoms with Gasteiger partial charge in [0.2, 0.25) is 0 Å². The fraction of sp³-hybridized carbons (Fsp3) is 0.429. The van der Waals surface area contributed by atoms with Crippen LogP contribution in [0.25, 0.3) is 0 Å². The Morgan fingerprint density at radius 3 is 2.32 bits per heavy atom. The van der Waals surface area contributed by atoms with Crippen LogP contribution in [-0.2, 0) is 20.7 Å². The van der Waals surface area contributed by atoms with Crippen molar-refractivity contribution in [2.45, 2.75) is 38.8 Å². The Kier molecular flexibility index (Phi) is 5.54. The smallest absolute Gasteiger partial charge is 0.428 e. The first-order valence-corrected chi connectivity index (χ1v) is 6.34. The average Bonchev–Trinajstić information content (AvgIpc) is 2.37. The quantitative estimate of drug-likeness (QED) is 0.526. The Labute approximate surface area is 125 Å². The van der Waals surface area contributed by atoms with E-state index in [-0.39, 0.29) is 5.56 Å². The van der Waals surface area contributed by atoms with Gasteiger partial charge in [-0.1, -0.05) is 6.07 Å². The van der Waals surface area contributed by atoms with Gasteiger partial charge >= 0.3 is 12.1 Å². The summed E-state index contributed by atoms with van der Waals surface area (Å²) >= 11 is 0. The maximum atomic E-state index is 13.5. The number of hydrogen-bond acceptors (Lipinski definition) is 5. The normalized spacial score (nSPS) is 12.7. The zero-order valence-electron chi connectivity index (χ0n) is 12.3. The van der Waals surface area contributed by atoms with E-state index in [4.69, 9.17) is 10.5 Å². The number of esters is 1. The molecule has 0 heterocycles. The molecule has 0 fully saturated rings. The second kappa shape index (κ2) is 6.78. The van der Waals surface area contributed by atoms with Crippen LogP contribution in [0, 0.1) is 17.5 Å². The van der Waals surface area contributed by atoms with E-state index in [1.807, 2.05) is 0 Å². The summed E-state index contributed by atoms with van der Waals surface area (Å²) < 4.78 is 48.4. The SMILES string of the molecule is CC(C)(C)OC(=O)OC(=O)[C@@H](N)Cc1ccc(F)c(F)c1F. The highest BCUT2D eigenvalue weighted by atomic mass is 19.2. The Morgan fingerprint density at radius 1 is 1.18 bits per heavy atom. The molecule has 0 radical (unpaired) electrons. The van der Waals surface area contributed by atoms with E-state index < -0.39 is 47.6 Å². The lowest BCUT2D eigenvalue weighted by Gasteiger charge is -2.19. The lowest BCUT2D eigenvalue weighted by Crippen LogP contribution is -2.37. The second-order valence-electron chi connectivity index (χ2n) is 5.53. The number of hydrogen-bond donors (Lipinski definition) is 1. The topological polar surface area (TPSA) is 78.6 Å².